The van der Waals surface area contributed by atoms with E-state index in [2.05, 4.69) is 27.2 Å². The molecule has 1 fully saturated rings. The van der Waals surface area contributed by atoms with Gasteiger partial charge in [-0.3, -0.25) is 0 Å². The van der Waals surface area contributed by atoms with Crippen molar-refractivity contribution in [2.75, 3.05) is 25.0 Å². The van der Waals surface area contributed by atoms with Crippen LogP contribution in [0.2, 0.25) is 0 Å². The molecule has 0 aliphatic carbocycles. The number of hydrogen-bond donors (Lipinski definition) is 1. The molecule has 4 heteroatoms. The van der Waals surface area contributed by atoms with Crippen molar-refractivity contribution < 1.29 is 0 Å². The van der Waals surface area contributed by atoms with Crippen molar-refractivity contribution in [2.24, 2.45) is 0 Å². The van der Waals surface area contributed by atoms with Gasteiger partial charge in [0.25, 0.3) is 0 Å². The number of nitrogens with one attached hydrogen (secondary N) is 1. The van der Waals surface area contributed by atoms with Crippen molar-refractivity contribution >= 4 is 5.95 Å². The minimum Gasteiger partial charge on any atom is -0.341 e. The number of nitrogens with zero attached hydrogens (tertiary/aromatic N) is 3. The summed E-state index contributed by atoms with van der Waals surface area (Å²) in [5.74, 6) is 0.840. The summed E-state index contributed by atoms with van der Waals surface area (Å²) < 4.78 is 0. The Hall–Kier alpha value is -1.16. The lowest BCUT2D eigenvalue weighted by Gasteiger charge is -2.31. The minimum atomic E-state index is 0.578. The molecule has 0 unspecified atom stereocenters. The van der Waals surface area contributed by atoms with Gasteiger partial charge in [-0.05, 0) is 38.4 Å². The summed E-state index contributed by atoms with van der Waals surface area (Å²) in [6, 6.07) is 0.578. The molecule has 1 aromatic rings. The van der Waals surface area contributed by atoms with E-state index < -0.39 is 0 Å². The van der Waals surface area contributed by atoms with Crippen molar-refractivity contribution in [1.82, 2.24) is 15.3 Å². The van der Waals surface area contributed by atoms with E-state index in [9.17, 15) is 0 Å². The van der Waals surface area contributed by atoms with Crippen LogP contribution in [-0.4, -0.2) is 36.1 Å². The van der Waals surface area contributed by atoms with E-state index in [-0.39, 0.29) is 0 Å². The third kappa shape index (κ3) is 2.45. The monoisotopic (exact) mass is 206 g/mol. The van der Waals surface area contributed by atoms with Crippen LogP contribution in [0.15, 0.2) is 12.4 Å². The number of hydrogen-bond acceptors (Lipinski definition) is 4. The molecule has 4 nitrogen and oxygen atoms in total. The van der Waals surface area contributed by atoms with Gasteiger partial charge in [0.1, 0.15) is 0 Å². The highest BCUT2D eigenvalue weighted by molar-refractivity contribution is 5.30. The Kier molecular flexibility index (Phi) is 3.16. The maximum absolute atomic E-state index is 4.35. The van der Waals surface area contributed by atoms with Crippen LogP contribution in [0.3, 0.4) is 0 Å². The van der Waals surface area contributed by atoms with Gasteiger partial charge in [0.15, 0.2) is 0 Å². The van der Waals surface area contributed by atoms with Gasteiger partial charge >= 0.3 is 0 Å². The fraction of sp³-hybridized carbons (Fsp3) is 0.636. The lowest BCUT2D eigenvalue weighted by Crippen LogP contribution is -2.41. The first-order valence-corrected chi connectivity index (χ1v) is 5.49. The number of anilines is 1. The molecule has 0 spiro atoms. The Morgan fingerprint density at radius 3 is 2.47 bits per heavy atom. The molecule has 0 bridgehead atoms. The average molecular weight is 206 g/mol. The molecule has 0 radical (unpaired) electrons. The normalized spacial score (nSPS) is 17.7. The van der Waals surface area contributed by atoms with E-state index in [0.717, 1.165) is 24.6 Å². The summed E-state index contributed by atoms with van der Waals surface area (Å²) >= 11 is 0. The van der Waals surface area contributed by atoms with Gasteiger partial charge in [-0.1, -0.05) is 0 Å². The Bertz CT molecular complexity index is 303. The average Bonchev–Trinajstić information content (AvgIpc) is 2.30. The third-order valence-electron chi connectivity index (χ3n) is 2.94. The summed E-state index contributed by atoms with van der Waals surface area (Å²) in [5, 5.41) is 3.36. The molecule has 1 aliphatic heterocycles. The van der Waals surface area contributed by atoms with Crippen LogP contribution in [0.25, 0.3) is 0 Å². The van der Waals surface area contributed by atoms with E-state index in [1.807, 2.05) is 19.3 Å². The minimum absolute atomic E-state index is 0.578. The zero-order valence-electron chi connectivity index (χ0n) is 9.40. The molecule has 2 rings (SSSR count). The van der Waals surface area contributed by atoms with E-state index in [0.29, 0.717) is 6.04 Å². The molecule has 1 aliphatic rings. The number of aromatic nitrogens is 2. The summed E-state index contributed by atoms with van der Waals surface area (Å²) in [5.41, 5.74) is 1.11. The summed E-state index contributed by atoms with van der Waals surface area (Å²) in [6.45, 7) is 4.20. The molecule has 0 saturated carbocycles. The van der Waals surface area contributed by atoms with Gasteiger partial charge in [-0.25, -0.2) is 9.97 Å². The number of rotatable bonds is 2. The highest BCUT2D eigenvalue weighted by atomic mass is 15.3. The predicted octanol–water partition coefficient (Wildman–Crippen LogP) is 0.973. The van der Waals surface area contributed by atoms with Crippen LogP contribution >= 0.6 is 0 Å². The van der Waals surface area contributed by atoms with Crippen molar-refractivity contribution in [3.05, 3.63) is 18.0 Å². The van der Waals surface area contributed by atoms with E-state index in [1.165, 1.54) is 12.8 Å². The van der Waals surface area contributed by atoms with E-state index >= 15 is 0 Å². The van der Waals surface area contributed by atoms with Crippen molar-refractivity contribution in [2.45, 2.75) is 25.8 Å². The fourth-order valence-corrected chi connectivity index (χ4v) is 1.93. The van der Waals surface area contributed by atoms with Crippen molar-refractivity contribution in [3.8, 4) is 0 Å². The molecule has 0 atom stereocenters. The standard InChI is InChI=1S/C11H18N4/c1-9-7-13-11(14-8-9)15(2)10-3-5-12-6-4-10/h7-8,10,12H,3-6H2,1-2H3. The zero-order chi connectivity index (χ0) is 10.7. The molecular formula is C11H18N4. The molecule has 0 amide bonds. The van der Waals surface area contributed by atoms with Crippen LogP contribution < -0.4 is 10.2 Å². The first-order valence-electron chi connectivity index (χ1n) is 5.49. The summed E-state index contributed by atoms with van der Waals surface area (Å²) in [4.78, 5) is 10.9. The maximum atomic E-state index is 4.35. The molecular weight excluding hydrogens is 188 g/mol. The topological polar surface area (TPSA) is 41.1 Å². The molecule has 1 saturated heterocycles. The quantitative estimate of drug-likeness (QED) is 0.783. The Morgan fingerprint density at radius 1 is 1.27 bits per heavy atom. The first-order chi connectivity index (χ1) is 7.27. The second-order valence-electron chi connectivity index (χ2n) is 4.15. The Morgan fingerprint density at radius 2 is 1.87 bits per heavy atom. The van der Waals surface area contributed by atoms with Crippen molar-refractivity contribution in [1.29, 1.82) is 0 Å². The van der Waals surface area contributed by atoms with Gasteiger partial charge < -0.3 is 10.2 Å². The van der Waals surface area contributed by atoms with Gasteiger partial charge in [0.2, 0.25) is 5.95 Å². The molecule has 82 valence electrons. The maximum Gasteiger partial charge on any atom is 0.225 e. The lowest BCUT2D eigenvalue weighted by atomic mass is 10.1. The molecule has 0 aromatic carbocycles. The van der Waals surface area contributed by atoms with Crippen LogP contribution in [-0.2, 0) is 0 Å². The van der Waals surface area contributed by atoms with Crippen molar-refractivity contribution in [3.63, 3.8) is 0 Å². The zero-order valence-corrected chi connectivity index (χ0v) is 9.40. The second kappa shape index (κ2) is 4.57. The number of piperidine rings is 1. The predicted molar refractivity (Wildman–Crippen MR) is 61.1 cm³/mol. The molecule has 1 aromatic heterocycles. The Labute approximate surface area is 90.7 Å². The van der Waals surface area contributed by atoms with Crippen LogP contribution in [0.5, 0.6) is 0 Å². The van der Waals surface area contributed by atoms with Crippen LogP contribution in [0.4, 0.5) is 5.95 Å². The van der Waals surface area contributed by atoms with Gasteiger partial charge in [-0.15, -0.1) is 0 Å². The largest absolute Gasteiger partial charge is 0.341 e. The van der Waals surface area contributed by atoms with E-state index in [4.69, 9.17) is 0 Å². The lowest BCUT2D eigenvalue weighted by molar-refractivity contribution is 0.439. The van der Waals surface area contributed by atoms with Gasteiger partial charge in [-0.2, -0.15) is 0 Å². The molecule has 2 heterocycles. The van der Waals surface area contributed by atoms with E-state index in [1.54, 1.807) is 0 Å². The van der Waals surface area contributed by atoms with Crippen LogP contribution in [0.1, 0.15) is 18.4 Å². The highest BCUT2D eigenvalue weighted by Gasteiger charge is 2.19. The van der Waals surface area contributed by atoms with Crippen LogP contribution in [0, 0.1) is 6.92 Å². The summed E-state index contributed by atoms with van der Waals surface area (Å²) in [7, 11) is 2.08. The molecule has 1 N–H and O–H groups in total. The van der Waals surface area contributed by atoms with Gasteiger partial charge in [0.05, 0.1) is 0 Å². The smallest absolute Gasteiger partial charge is 0.225 e. The fourth-order valence-electron chi connectivity index (χ4n) is 1.93. The molecule has 15 heavy (non-hydrogen) atoms. The first kappa shape index (κ1) is 10.4. The number of aryl methyl sites for hydroxylation is 1. The third-order valence-corrected chi connectivity index (χ3v) is 2.94. The second-order valence-corrected chi connectivity index (χ2v) is 4.15. The highest BCUT2D eigenvalue weighted by Crippen LogP contribution is 2.15. The Balaban J connectivity index is 2.05. The SMILES string of the molecule is Cc1cnc(N(C)C2CCNCC2)nc1. The summed E-state index contributed by atoms with van der Waals surface area (Å²) in [6.07, 6.45) is 6.10. The van der Waals surface area contributed by atoms with Gasteiger partial charge in [0, 0.05) is 25.5 Å².